The summed E-state index contributed by atoms with van der Waals surface area (Å²) in [4.78, 5) is 0. The zero-order valence-corrected chi connectivity index (χ0v) is 15.1. The van der Waals surface area contributed by atoms with Crippen LogP contribution in [0.1, 0.15) is 46.1 Å². The SMILES string of the molecule is CC.CCC1(C)Oc2ccccc2CC(CCOS(N)(=O)=O)O1. The largest absolute Gasteiger partial charge is 0.462 e. The fraction of sp³-hybridized carbons (Fsp3) is 0.625. The molecule has 0 spiro atoms. The number of benzene rings is 1. The lowest BCUT2D eigenvalue weighted by molar-refractivity contribution is -0.197. The number of para-hydroxylation sites is 1. The Hall–Kier alpha value is -1.15. The summed E-state index contributed by atoms with van der Waals surface area (Å²) in [6.45, 7) is 7.85. The second-order valence-electron chi connectivity index (χ2n) is 5.24. The lowest BCUT2D eigenvalue weighted by Gasteiger charge is -2.30. The molecular formula is C16H27NO5S. The van der Waals surface area contributed by atoms with Crippen molar-refractivity contribution in [1.82, 2.24) is 0 Å². The molecule has 0 saturated heterocycles. The van der Waals surface area contributed by atoms with E-state index in [0.717, 1.165) is 11.3 Å². The predicted molar refractivity (Wildman–Crippen MR) is 89.4 cm³/mol. The van der Waals surface area contributed by atoms with Crippen molar-refractivity contribution < 1.29 is 22.1 Å². The van der Waals surface area contributed by atoms with Crippen LogP contribution in [0.4, 0.5) is 0 Å². The van der Waals surface area contributed by atoms with E-state index in [0.29, 0.717) is 19.3 Å². The van der Waals surface area contributed by atoms with Crippen LogP contribution < -0.4 is 9.88 Å². The molecule has 0 aromatic heterocycles. The Labute approximate surface area is 139 Å². The van der Waals surface area contributed by atoms with Crippen LogP contribution in [-0.2, 0) is 25.6 Å². The third-order valence-electron chi connectivity index (χ3n) is 3.49. The molecule has 2 atom stereocenters. The fourth-order valence-electron chi connectivity index (χ4n) is 2.28. The van der Waals surface area contributed by atoms with Gasteiger partial charge in [0.05, 0.1) is 12.7 Å². The number of ether oxygens (including phenoxy) is 2. The van der Waals surface area contributed by atoms with Crippen molar-refractivity contribution in [3.63, 3.8) is 0 Å². The quantitative estimate of drug-likeness (QED) is 0.886. The normalized spacial score (nSPS) is 23.8. The minimum atomic E-state index is -3.92. The predicted octanol–water partition coefficient (Wildman–Crippen LogP) is 2.77. The lowest BCUT2D eigenvalue weighted by atomic mass is 10.1. The summed E-state index contributed by atoms with van der Waals surface area (Å²) in [5.41, 5.74) is 1.04. The fourth-order valence-corrected chi connectivity index (χ4v) is 2.61. The van der Waals surface area contributed by atoms with Gasteiger partial charge in [-0.3, -0.25) is 4.18 Å². The average molecular weight is 345 g/mol. The number of hydrogen-bond donors (Lipinski definition) is 1. The molecule has 0 bridgehead atoms. The molecule has 0 fully saturated rings. The molecule has 1 heterocycles. The summed E-state index contributed by atoms with van der Waals surface area (Å²) in [6.07, 6.45) is 1.54. The summed E-state index contributed by atoms with van der Waals surface area (Å²) in [6, 6.07) is 7.75. The Kier molecular flexibility index (Phi) is 7.47. The minimum absolute atomic E-state index is 0.00847. The second-order valence-corrected chi connectivity index (χ2v) is 6.47. The van der Waals surface area contributed by atoms with Crippen LogP contribution in [0.5, 0.6) is 5.75 Å². The first-order chi connectivity index (χ1) is 10.8. The van der Waals surface area contributed by atoms with Crippen LogP contribution >= 0.6 is 0 Å². The molecule has 2 rings (SSSR count). The van der Waals surface area contributed by atoms with Crippen molar-refractivity contribution in [3.05, 3.63) is 29.8 Å². The van der Waals surface area contributed by atoms with Crippen LogP contribution in [-0.4, -0.2) is 26.9 Å². The first-order valence-corrected chi connectivity index (χ1v) is 9.40. The van der Waals surface area contributed by atoms with E-state index in [4.69, 9.17) is 14.6 Å². The maximum Gasteiger partial charge on any atom is 0.333 e. The van der Waals surface area contributed by atoms with Gasteiger partial charge in [-0.25, -0.2) is 5.14 Å². The van der Waals surface area contributed by atoms with Gasteiger partial charge in [-0.05, 0) is 18.1 Å². The Balaban J connectivity index is 0.00000127. The van der Waals surface area contributed by atoms with Crippen molar-refractivity contribution in [1.29, 1.82) is 0 Å². The van der Waals surface area contributed by atoms with Crippen molar-refractivity contribution in [2.75, 3.05) is 6.61 Å². The van der Waals surface area contributed by atoms with E-state index in [1.807, 2.05) is 52.0 Å². The highest BCUT2D eigenvalue weighted by Crippen LogP contribution is 2.33. The molecule has 0 aliphatic carbocycles. The number of rotatable bonds is 5. The molecule has 1 aromatic carbocycles. The van der Waals surface area contributed by atoms with Gasteiger partial charge in [0.2, 0.25) is 5.79 Å². The first kappa shape index (κ1) is 19.9. The van der Waals surface area contributed by atoms with E-state index in [1.165, 1.54) is 0 Å². The number of fused-ring (bicyclic) bond motifs is 1. The molecule has 2 unspecified atom stereocenters. The van der Waals surface area contributed by atoms with Gasteiger partial charge in [0.25, 0.3) is 0 Å². The van der Waals surface area contributed by atoms with Crippen LogP contribution in [0, 0.1) is 0 Å². The summed E-state index contributed by atoms with van der Waals surface area (Å²) >= 11 is 0. The number of hydrogen-bond acceptors (Lipinski definition) is 5. The maximum atomic E-state index is 10.8. The van der Waals surface area contributed by atoms with E-state index in [9.17, 15) is 8.42 Å². The minimum Gasteiger partial charge on any atom is -0.462 e. The van der Waals surface area contributed by atoms with Crippen LogP contribution in [0.15, 0.2) is 24.3 Å². The topological polar surface area (TPSA) is 87.9 Å². The Morgan fingerprint density at radius 1 is 1.35 bits per heavy atom. The lowest BCUT2D eigenvalue weighted by Crippen LogP contribution is -2.38. The van der Waals surface area contributed by atoms with E-state index in [2.05, 4.69) is 4.18 Å². The Bertz CT molecular complexity index is 590. The van der Waals surface area contributed by atoms with Gasteiger partial charge in [-0.1, -0.05) is 39.0 Å². The zero-order chi connectivity index (χ0) is 17.5. The highest BCUT2D eigenvalue weighted by Gasteiger charge is 2.33. The molecule has 0 radical (unpaired) electrons. The highest BCUT2D eigenvalue weighted by molar-refractivity contribution is 7.84. The number of nitrogens with two attached hydrogens (primary N) is 1. The van der Waals surface area contributed by atoms with Gasteiger partial charge in [0.15, 0.2) is 0 Å². The summed E-state index contributed by atoms with van der Waals surface area (Å²) in [5, 5.41) is 4.82. The van der Waals surface area contributed by atoms with E-state index < -0.39 is 16.1 Å². The van der Waals surface area contributed by atoms with Crippen molar-refractivity contribution in [2.45, 2.75) is 58.8 Å². The zero-order valence-electron chi connectivity index (χ0n) is 14.2. The monoisotopic (exact) mass is 345 g/mol. The van der Waals surface area contributed by atoms with Crippen LogP contribution in [0.3, 0.4) is 0 Å². The van der Waals surface area contributed by atoms with Gasteiger partial charge < -0.3 is 9.47 Å². The molecule has 2 N–H and O–H groups in total. The molecule has 6 nitrogen and oxygen atoms in total. The average Bonchev–Trinajstić information content (AvgIpc) is 2.64. The van der Waals surface area contributed by atoms with Crippen molar-refractivity contribution in [3.8, 4) is 5.75 Å². The molecule has 1 aromatic rings. The summed E-state index contributed by atoms with van der Waals surface area (Å²) < 4.78 is 38.2. The summed E-state index contributed by atoms with van der Waals surface area (Å²) in [7, 11) is -3.92. The second kappa shape index (κ2) is 8.63. The van der Waals surface area contributed by atoms with E-state index in [1.54, 1.807) is 0 Å². The van der Waals surface area contributed by atoms with Crippen molar-refractivity contribution >= 4 is 10.3 Å². The molecule has 23 heavy (non-hydrogen) atoms. The van der Waals surface area contributed by atoms with Gasteiger partial charge in [0.1, 0.15) is 5.75 Å². The van der Waals surface area contributed by atoms with Gasteiger partial charge in [-0.2, -0.15) is 8.42 Å². The molecule has 7 heteroatoms. The molecule has 0 saturated carbocycles. The molecule has 0 amide bonds. The van der Waals surface area contributed by atoms with Crippen LogP contribution in [0.2, 0.25) is 0 Å². The molecule has 132 valence electrons. The third kappa shape index (κ3) is 6.47. The van der Waals surface area contributed by atoms with E-state index in [-0.39, 0.29) is 12.7 Å². The third-order valence-corrected chi connectivity index (χ3v) is 3.99. The van der Waals surface area contributed by atoms with Gasteiger partial charge in [-0.15, -0.1) is 0 Å². The maximum absolute atomic E-state index is 10.8. The first-order valence-electron chi connectivity index (χ1n) is 7.93. The Morgan fingerprint density at radius 2 is 2.00 bits per heavy atom. The van der Waals surface area contributed by atoms with Crippen LogP contribution in [0.25, 0.3) is 0 Å². The smallest absolute Gasteiger partial charge is 0.333 e. The van der Waals surface area contributed by atoms with E-state index >= 15 is 0 Å². The Morgan fingerprint density at radius 3 is 2.61 bits per heavy atom. The molecule has 1 aliphatic heterocycles. The standard InChI is InChI=1S/C14H21NO5S.C2H6/c1-3-14(2)19-12(8-9-18-21(15,16)17)10-11-6-4-5-7-13(11)20-14;1-2/h4-7,12H,3,8-10H2,1-2H3,(H2,15,16,17);1-2H3. The molecule has 1 aliphatic rings. The molecular weight excluding hydrogens is 318 g/mol. The van der Waals surface area contributed by atoms with Gasteiger partial charge >= 0.3 is 10.3 Å². The highest BCUT2D eigenvalue weighted by atomic mass is 32.2. The van der Waals surface area contributed by atoms with Crippen molar-refractivity contribution in [2.24, 2.45) is 5.14 Å². The van der Waals surface area contributed by atoms with Gasteiger partial charge in [0, 0.05) is 19.8 Å². The summed E-state index contributed by atoms with van der Waals surface area (Å²) in [5.74, 6) is 0.0653.